The van der Waals surface area contributed by atoms with Crippen molar-refractivity contribution in [2.75, 3.05) is 13.1 Å². The van der Waals surface area contributed by atoms with Gasteiger partial charge >= 0.3 is 0 Å². The molecule has 3 N–H and O–H groups in total. The SMILES string of the molecule is CCCNCc1n[nH]c(C)c1S(=O)(=O)NCC1CCCC1. The van der Waals surface area contributed by atoms with Crippen molar-refractivity contribution in [2.45, 2.75) is 57.4 Å². The van der Waals surface area contributed by atoms with Crippen molar-refractivity contribution in [1.29, 1.82) is 0 Å². The zero-order valence-electron chi connectivity index (χ0n) is 12.9. The van der Waals surface area contributed by atoms with Crippen molar-refractivity contribution in [3.8, 4) is 0 Å². The predicted molar refractivity (Wildman–Crippen MR) is 82.5 cm³/mol. The molecule has 0 atom stereocenters. The lowest BCUT2D eigenvalue weighted by Crippen LogP contribution is -2.30. The van der Waals surface area contributed by atoms with Gasteiger partial charge in [-0.1, -0.05) is 19.8 Å². The molecule has 0 unspecified atom stereocenters. The summed E-state index contributed by atoms with van der Waals surface area (Å²) in [5.41, 5.74) is 1.17. The number of rotatable bonds is 8. The first-order chi connectivity index (χ1) is 10.0. The number of aryl methyl sites for hydroxylation is 1. The highest BCUT2D eigenvalue weighted by molar-refractivity contribution is 7.89. The minimum Gasteiger partial charge on any atom is -0.311 e. The van der Waals surface area contributed by atoms with Crippen LogP contribution in [-0.2, 0) is 16.6 Å². The van der Waals surface area contributed by atoms with Crippen LogP contribution in [0.4, 0.5) is 0 Å². The molecule has 0 amide bonds. The Morgan fingerprint density at radius 3 is 2.71 bits per heavy atom. The third-order valence-corrected chi connectivity index (χ3v) is 5.61. The summed E-state index contributed by atoms with van der Waals surface area (Å²) in [5, 5.41) is 10.1. The third kappa shape index (κ3) is 4.28. The van der Waals surface area contributed by atoms with Crippen molar-refractivity contribution >= 4 is 10.0 Å². The van der Waals surface area contributed by atoms with E-state index in [-0.39, 0.29) is 0 Å². The van der Waals surface area contributed by atoms with E-state index in [1.165, 1.54) is 12.8 Å². The summed E-state index contributed by atoms with van der Waals surface area (Å²) in [6.07, 6.45) is 5.67. The largest absolute Gasteiger partial charge is 0.311 e. The van der Waals surface area contributed by atoms with E-state index < -0.39 is 10.0 Å². The Morgan fingerprint density at radius 2 is 2.05 bits per heavy atom. The van der Waals surface area contributed by atoms with Crippen molar-refractivity contribution < 1.29 is 8.42 Å². The molecule has 1 aromatic heterocycles. The van der Waals surface area contributed by atoms with Crippen LogP contribution in [0.5, 0.6) is 0 Å². The molecule has 2 rings (SSSR count). The molecule has 1 aliphatic rings. The van der Waals surface area contributed by atoms with Gasteiger partial charge in [0.1, 0.15) is 4.90 Å². The highest BCUT2D eigenvalue weighted by Crippen LogP contribution is 2.25. The molecule has 0 saturated heterocycles. The smallest absolute Gasteiger partial charge is 0.244 e. The van der Waals surface area contributed by atoms with Crippen LogP contribution < -0.4 is 10.0 Å². The van der Waals surface area contributed by atoms with Crippen LogP contribution in [0.15, 0.2) is 4.90 Å². The summed E-state index contributed by atoms with van der Waals surface area (Å²) >= 11 is 0. The van der Waals surface area contributed by atoms with Crippen LogP contribution in [0, 0.1) is 12.8 Å². The van der Waals surface area contributed by atoms with Gasteiger partial charge in [0.25, 0.3) is 0 Å². The summed E-state index contributed by atoms with van der Waals surface area (Å²) in [6.45, 7) is 5.68. The highest BCUT2D eigenvalue weighted by atomic mass is 32.2. The monoisotopic (exact) mass is 314 g/mol. The maximum absolute atomic E-state index is 12.5. The second-order valence-corrected chi connectivity index (χ2v) is 7.51. The van der Waals surface area contributed by atoms with Crippen LogP contribution in [0.1, 0.15) is 50.4 Å². The Hall–Kier alpha value is -0.920. The molecular weight excluding hydrogens is 288 g/mol. The maximum Gasteiger partial charge on any atom is 0.244 e. The average molecular weight is 314 g/mol. The molecule has 0 bridgehead atoms. The van der Waals surface area contributed by atoms with Gasteiger partial charge in [-0.25, -0.2) is 13.1 Å². The van der Waals surface area contributed by atoms with Crippen molar-refractivity contribution in [1.82, 2.24) is 20.2 Å². The number of H-pyrrole nitrogens is 1. The van der Waals surface area contributed by atoms with Crippen LogP contribution >= 0.6 is 0 Å². The van der Waals surface area contributed by atoms with Gasteiger partial charge in [-0.05, 0) is 38.6 Å². The number of hydrogen-bond donors (Lipinski definition) is 3. The fraction of sp³-hybridized carbons (Fsp3) is 0.786. The molecule has 1 saturated carbocycles. The second-order valence-electron chi connectivity index (χ2n) is 5.80. The summed E-state index contributed by atoms with van der Waals surface area (Å²) in [7, 11) is -3.49. The van der Waals surface area contributed by atoms with Gasteiger partial charge < -0.3 is 5.32 Å². The van der Waals surface area contributed by atoms with E-state index in [9.17, 15) is 8.42 Å². The molecule has 7 heteroatoms. The molecule has 120 valence electrons. The normalized spacial score (nSPS) is 16.7. The first kappa shape index (κ1) is 16.5. The quantitative estimate of drug-likeness (QED) is 0.637. The zero-order chi connectivity index (χ0) is 15.3. The number of sulfonamides is 1. The molecule has 6 nitrogen and oxygen atoms in total. The van der Waals surface area contributed by atoms with Gasteiger partial charge in [0.15, 0.2) is 0 Å². The molecule has 0 spiro atoms. The predicted octanol–water partition coefficient (Wildman–Crippen LogP) is 1.69. The number of aromatic nitrogens is 2. The van der Waals surface area contributed by atoms with E-state index in [1.807, 2.05) is 0 Å². The van der Waals surface area contributed by atoms with E-state index in [2.05, 4.69) is 27.2 Å². The molecule has 21 heavy (non-hydrogen) atoms. The summed E-state index contributed by atoms with van der Waals surface area (Å²) < 4.78 is 27.8. The third-order valence-electron chi connectivity index (χ3n) is 3.99. The lowest BCUT2D eigenvalue weighted by molar-refractivity contribution is 0.518. The Morgan fingerprint density at radius 1 is 1.33 bits per heavy atom. The number of aromatic amines is 1. The fourth-order valence-electron chi connectivity index (χ4n) is 2.84. The fourth-order valence-corrected chi connectivity index (χ4v) is 4.32. The Kier molecular flexibility index (Phi) is 5.78. The van der Waals surface area contributed by atoms with Gasteiger partial charge in [-0.2, -0.15) is 5.10 Å². The van der Waals surface area contributed by atoms with Gasteiger partial charge in [-0.3, -0.25) is 5.10 Å². The van der Waals surface area contributed by atoms with E-state index >= 15 is 0 Å². The van der Waals surface area contributed by atoms with Crippen LogP contribution in [0.3, 0.4) is 0 Å². The van der Waals surface area contributed by atoms with Crippen molar-refractivity contribution in [2.24, 2.45) is 5.92 Å². The zero-order valence-corrected chi connectivity index (χ0v) is 13.7. The number of hydrogen-bond acceptors (Lipinski definition) is 4. The molecule has 0 aliphatic heterocycles. The summed E-state index contributed by atoms with van der Waals surface area (Å²) in [5.74, 6) is 0.480. The summed E-state index contributed by atoms with van der Waals surface area (Å²) in [6, 6.07) is 0. The lowest BCUT2D eigenvalue weighted by Gasteiger charge is -2.12. The Balaban J connectivity index is 2.05. The standard InChI is InChI=1S/C14H26N4O2S/c1-3-8-15-10-13-14(11(2)17-18-13)21(19,20)16-9-12-6-4-5-7-12/h12,15-16H,3-10H2,1-2H3,(H,17,18). The van der Waals surface area contributed by atoms with Crippen molar-refractivity contribution in [3.05, 3.63) is 11.4 Å². The number of nitrogens with zero attached hydrogens (tertiary/aromatic N) is 1. The van der Waals surface area contributed by atoms with Gasteiger partial charge in [0.2, 0.25) is 10.0 Å². The van der Waals surface area contributed by atoms with Gasteiger partial charge in [0.05, 0.1) is 11.4 Å². The van der Waals surface area contributed by atoms with Crippen LogP contribution in [0.2, 0.25) is 0 Å². The van der Waals surface area contributed by atoms with E-state index in [1.54, 1.807) is 6.92 Å². The first-order valence-electron chi connectivity index (χ1n) is 7.78. The minimum absolute atomic E-state index is 0.309. The van der Waals surface area contributed by atoms with E-state index in [4.69, 9.17) is 0 Å². The highest BCUT2D eigenvalue weighted by Gasteiger charge is 2.25. The maximum atomic E-state index is 12.5. The lowest BCUT2D eigenvalue weighted by atomic mass is 10.1. The Bertz CT molecular complexity index is 547. The molecule has 0 aromatic carbocycles. The molecule has 1 aliphatic carbocycles. The van der Waals surface area contributed by atoms with Gasteiger partial charge in [0, 0.05) is 13.1 Å². The Labute approximate surface area is 127 Å². The van der Waals surface area contributed by atoms with Crippen molar-refractivity contribution in [3.63, 3.8) is 0 Å². The molecule has 1 heterocycles. The molecule has 1 aromatic rings. The van der Waals surface area contributed by atoms with Crippen LogP contribution in [-0.4, -0.2) is 31.7 Å². The molecular formula is C14H26N4O2S. The average Bonchev–Trinajstić information content (AvgIpc) is 3.07. The topological polar surface area (TPSA) is 86.9 Å². The first-order valence-corrected chi connectivity index (χ1v) is 9.27. The van der Waals surface area contributed by atoms with Crippen LogP contribution in [0.25, 0.3) is 0 Å². The number of nitrogens with one attached hydrogen (secondary N) is 3. The van der Waals surface area contributed by atoms with E-state index in [0.29, 0.717) is 35.3 Å². The second kappa shape index (κ2) is 7.38. The van der Waals surface area contributed by atoms with Gasteiger partial charge in [-0.15, -0.1) is 0 Å². The molecule has 0 radical (unpaired) electrons. The van der Waals surface area contributed by atoms with E-state index in [0.717, 1.165) is 25.8 Å². The summed E-state index contributed by atoms with van der Waals surface area (Å²) in [4.78, 5) is 0.309. The molecule has 1 fully saturated rings. The minimum atomic E-state index is -3.49.